The number of amides is 1. The lowest BCUT2D eigenvalue weighted by molar-refractivity contribution is -0.168. The zero-order valence-corrected chi connectivity index (χ0v) is 23.4. The number of carbonyl (C=O) groups is 2. The van der Waals surface area contributed by atoms with E-state index < -0.39 is 22.9 Å². The second kappa shape index (κ2) is 14.7. The van der Waals surface area contributed by atoms with Gasteiger partial charge < -0.3 is 14.7 Å². The molecular weight excluding hydrogens is 521 g/mol. The second-order valence-corrected chi connectivity index (χ2v) is 11.8. The molecule has 36 heavy (non-hydrogen) atoms. The first kappa shape index (κ1) is 30.3. The Labute approximate surface area is 226 Å². The highest BCUT2D eigenvalue weighted by Crippen LogP contribution is 2.32. The summed E-state index contributed by atoms with van der Waals surface area (Å²) < 4.78 is 18.5. The van der Waals surface area contributed by atoms with E-state index in [1.54, 1.807) is 17.0 Å². The topological polar surface area (TPSA) is 83.9 Å². The first-order valence-electron chi connectivity index (χ1n) is 12.0. The molecule has 1 aliphatic rings. The highest BCUT2D eigenvalue weighted by atomic mass is 35.5. The van der Waals surface area contributed by atoms with Crippen molar-refractivity contribution >= 4 is 45.9 Å². The average molecular weight is 557 g/mol. The molecule has 0 saturated carbocycles. The lowest BCUT2D eigenvalue weighted by Gasteiger charge is -2.43. The number of aliphatic carboxylic acids is 1. The van der Waals surface area contributed by atoms with Crippen molar-refractivity contribution < 1.29 is 23.6 Å². The van der Waals surface area contributed by atoms with Crippen molar-refractivity contribution in [3.8, 4) is 0 Å². The van der Waals surface area contributed by atoms with Gasteiger partial charge in [0, 0.05) is 37.9 Å². The molecule has 2 aromatic rings. The monoisotopic (exact) mass is 555 g/mol. The van der Waals surface area contributed by atoms with E-state index in [-0.39, 0.29) is 42.2 Å². The van der Waals surface area contributed by atoms with Gasteiger partial charge in [0.25, 0.3) is 5.91 Å². The zero-order valence-electron chi connectivity index (χ0n) is 21.1. The van der Waals surface area contributed by atoms with Gasteiger partial charge >= 0.3 is 5.97 Å². The normalized spacial score (nSPS) is 20.3. The minimum atomic E-state index is -1.11. The Morgan fingerprint density at radius 1 is 1.08 bits per heavy atom. The van der Waals surface area contributed by atoms with Crippen LogP contribution in [-0.2, 0) is 25.1 Å². The summed E-state index contributed by atoms with van der Waals surface area (Å²) in [4.78, 5) is 26.1. The summed E-state index contributed by atoms with van der Waals surface area (Å²) in [6.45, 7) is 8.16. The predicted molar refractivity (Wildman–Crippen MR) is 146 cm³/mol. The summed E-state index contributed by atoms with van der Waals surface area (Å²) in [5.74, 6) is -0.829. The number of halogens is 2. The van der Waals surface area contributed by atoms with Gasteiger partial charge in [0.05, 0.1) is 19.1 Å². The van der Waals surface area contributed by atoms with Crippen LogP contribution in [0.15, 0.2) is 54.6 Å². The van der Waals surface area contributed by atoms with Crippen molar-refractivity contribution in [2.45, 2.75) is 64.0 Å². The van der Waals surface area contributed by atoms with E-state index in [4.69, 9.17) is 33.0 Å². The van der Waals surface area contributed by atoms with E-state index in [0.29, 0.717) is 17.2 Å². The lowest BCUT2D eigenvalue weighted by atomic mass is 9.99. The molecule has 3 rings (SSSR count). The number of hydrogen-bond acceptors (Lipinski definition) is 4. The molecule has 0 spiro atoms. The number of carboxylic acid groups (broad SMARTS) is 1. The maximum absolute atomic E-state index is 13.2. The molecule has 5 atom stereocenters. The summed E-state index contributed by atoms with van der Waals surface area (Å²) in [6.07, 6.45) is -0.794. The van der Waals surface area contributed by atoms with Crippen LogP contribution in [0.1, 0.15) is 52.1 Å². The Morgan fingerprint density at radius 2 is 1.67 bits per heavy atom. The van der Waals surface area contributed by atoms with E-state index in [2.05, 4.69) is 0 Å². The molecule has 2 aromatic carbocycles. The number of morpholine rings is 1. The van der Waals surface area contributed by atoms with Crippen molar-refractivity contribution in [2.75, 3.05) is 12.4 Å². The molecule has 9 heteroatoms. The van der Waals surface area contributed by atoms with Crippen molar-refractivity contribution in [1.82, 2.24) is 4.90 Å². The molecule has 1 aliphatic heterocycles. The molecule has 1 fully saturated rings. The standard InChI is InChI=1S/C21H30ClNO5S.C6H5Cl/c1-5-17(12-29(27)14(4)13(2)3)23-18(15-6-8-16(22)9-7-15)11-28-19(21(23)26)10-20(24)25;7-6-4-2-1-3-5-6/h6-9,13-14,17-19H,5,10-12H2,1-4H3,(H,24,25);1-5H. The van der Waals surface area contributed by atoms with Gasteiger partial charge in [-0.1, -0.05) is 81.2 Å². The SMILES string of the molecule is CCC(CS(=O)C(C)C(C)C)N1C(=O)C(CC(=O)O)OCC1c1ccc(Cl)cc1.Clc1ccccc1. The molecule has 198 valence electrons. The highest BCUT2D eigenvalue weighted by Gasteiger charge is 2.41. The van der Waals surface area contributed by atoms with Gasteiger partial charge in [-0.25, -0.2) is 0 Å². The molecule has 0 radical (unpaired) electrons. The third-order valence-electron chi connectivity index (χ3n) is 6.24. The van der Waals surface area contributed by atoms with E-state index >= 15 is 0 Å². The molecule has 0 bridgehead atoms. The first-order valence-corrected chi connectivity index (χ1v) is 14.2. The van der Waals surface area contributed by atoms with E-state index in [9.17, 15) is 13.8 Å². The Morgan fingerprint density at radius 3 is 2.14 bits per heavy atom. The van der Waals surface area contributed by atoms with Crippen LogP contribution >= 0.6 is 23.2 Å². The summed E-state index contributed by atoms with van der Waals surface area (Å²) in [6, 6.07) is 16.0. The largest absolute Gasteiger partial charge is 0.481 e. The lowest BCUT2D eigenvalue weighted by Crippen LogP contribution is -2.55. The highest BCUT2D eigenvalue weighted by molar-refractivity contribution is 7.85. The van der Waals surface area contributed by atoms with Crippen LogP contribution in [0.4, 0.5) is 0 Å². The number of rotatable bonds is 9. The van der Waals surface area contributed by atoms with E-state index in [1.165, 1.54) is 0 Å². The number of nitrogens with zero attached hydrogens (tertiary/aromatic N) is 1. The minimum Gasteiger partial charge on any atom is -0.481 e. The maximum Gasteiger partial charge on any atom is 0.306 e. The van der Waals surface area contributed by atoms with Gasteiger partial charge in [0.15, 0.2) is 0 Å². The predicted octanol–water partition coefficient (Wildman–Crippen LogP) is 6.00. The van der Waals surface area contributed by atoms with Crippen molar-refractivity contribution in [3.05, 3.63) is 70.2 Å². The van der Waals surface area contributed by atoms with Gasteiger partial charge in [0.1, 0.15) is 6.10 Å². The van der Waals surface area contributed by atoms with Gasteiger partial charge in [-0.3, -0.25) is 13.8 Å². The Bertz CT molecular complexity index is 1000. The van der Waals surface area contributed by atoms with E-state index in [1.807, 2.05) is 70.2 Å². The number of carbonyl (C=O) groups excluding carboxylic acids is 1. The Balaban J connectivity index is 0.000000558. The zero-order chi connectivity index (χ0) is 26.8. The molecule has 1 saturated heterocycles. The first-order chi connectivity index (χ1) is 17.0. The molecule has 1 heterocycles. The van der Waals surface area contributed by atoms with Crippen molar-refractivity contribution in [2.24, 2.45) is 5.92 Å². The van der Waals surface area contributed by atoms with Gasteiger partial charge in [-0.15, -0.1) is 0 Å². The molecule has 6 nitrogen and oxygen atoms in total. The number of carboxylic acids is 1. The summed E-state index contributed by atoms with van der Waals surface area (Å²) in [5.41, 5.74) is 0.859. The molecule has 1 N–H and O–H groups in total. The molecular formula is C27H35Cl2NO5S. The Hall–Kier alpha value is -1.93. The minimum absolute atomic E-state index is 0.00370. The molecule has 0 aromatic heterocycles. The smallest absolute Gasteiger partial charge is 0.306 e. The number of hydrogen-bond donors (Lipinski definition) is 1. The quantitative estimate of drug-likeness (QED) is 0.410. The van der Waals surface area contributed by atoms with E-state index in [0.717, 1.165) is 10.6 Å². The third-order valence-corrected chi connectivity index (χ3v) is 8.83. The van der Waals surface area contributed by atoms with Crippen LogP contribution in [0.5, 0.6) is 0 Å². The van der Waals surface area contributed by atoms with Gasteiger partial charge in [-0.05, 0) is 42.2 Å². The van der Waals surface area contributed by atoms with Crippen LogP contribution in [0, 0.1) is 5.92 Å². The summed E-state index contributed by atoms with van der Waals surface area (Å²) in [5, 5.41) is 10.5. The van der Waals surface area contributed by atoms with Gasteiger partial charge in [-0.2, -0.15) is 0 Å². The van der Waals surface area contributed by atoms with Crippen LogP contribution in [0.3, 0.4) is 0 Å². The van der Waals surface area contributed by atoms with Crippen molar-refractivity contribution in [1.29, 1.82) is 0 Å². The van der Waals surface area contributed by atoms with Crippen molar-refractivity contribution in [3.63, 3.8) is 0 Å². The van der Waals surface area contributed by atoms with Crippen LogP contribution < -0.4 is 0 Å². The van der Waals surface area contributed by atoms with Crippen LogP contribution in [0.2, 0.25) is 10.0 Å². The summed E-state index contributed by atoms with van der Waals surface area (Å²) in [7, 11) is -1.11. The fourth-order valence-corrected chi connectivity index (χ4v) is 5.77. The summed E-state index contributed by atoms with van der Waals surface area (Å²) >= 11 is 11.5. The average Bonchev–Trinajstić information content (AvgIpc) is 2.84. The van der Waals surface area contributed by atoms with Gasteiger partial charge in [0.2, 0.25) is 0 Å². The fraction of sp³-hybridized carbons (Fsp3) is 0.481. The molecule has 5 unspecified atom stereocenters. The molecule has 0 aliphatic carbocycles. The van der Waals surface area contributed by atoms with Crippen LogP contribution in [0.25, 0.3) is 0 Å². The Kier molecular flexibility index (Phi) is 12.4. The fourth-order valence-electron chi connectivity index (χ4n) is 3.81. The number of benzene rings is 2. The third kappa shape index (κ3) is 8.87. The second-order valence-electron chi connectivity index (χ2n) is 9.09. The maximum atomic E-state index is 13.2. The van der Waals surface area contributed by atoms with Crippen LogP contribution in [-0.4, -0.2) is 55.8 Å². The number of ether oxygens (including phenoxy) is 1. The molecule has 1 amide bonds.